The average molecular weight is 549 g/mol. The Balaban J connectivity index is 1.97. The third kappa shape index (κ3) is 6.56. The van der Waals surface area contributed by atoms with Crippen molar-refractivity contribution in [2.45, 2.75) is 36.5 Å². The van der Waals surface area contributed by atoms with Crippen LogP contribution in [0.15, 0.2) is 34.1 Å². The molecule has 0 saturated heterocycles. The van der Waals surface area contributed by atoms with Gasteiger partial charge in [0.2, 0.25) is 13.6 Å². The van der Waals surface area contributed by atoms with Crippen molar-refractivity contribution in [3.63, 3.8) is 0 Å². The minimum atomic E-state index is -4.88. The van der Waals surface area contributed by atoms with Gasteiger partial charge < -0.3 is 0 Å². The monoisotopic (exact) mass is 549 g/mol. The third-order valence-electron chi connectivity index (χ3n) is 4.24. The highest BCUT2D eigenvalue weighted by Crippen LogP contribution is 2.29. The molecule has 0 saturated carbocycles. The fraction of sp³-hybridized carbons (Fsp3) is 0.333. The maximum atomic E-state index is 14.0. The summed E-state index contributed by atoms with van der Waals surface area (Å²) in [5, 5.41) is 0. The summed E-state index contributed by atoms with van der Waals surface area (Å²) in [5.41, 5.74) is -0.953. The van der Waals surface area contributed by atoms with Gasteiger partial charge in [-0.15, -0.1) is 0 Å². The molecule has 0 bridgehead atoms. The van der Waals surface area contributed by atoms with E-state index in [1.165, 1.54) is 13.8 Å². The van der Waals surface area contributed by atoms with E-state index in [-0.39, 0.29) is 12.8 Å². The fourth-order valence-corrected chi connectivity index (χ4v) is 5.54. The molecular weight excluding hydrogens is 531 g/mol. The molecular formula is C18H18F4O9PS2+. The molecule has 0 aliphatic rings. The largest absolute Gasteiger partial charge is 0.702 e. The summed E-state index contributed by atoms with van der Waals surface area (Å²) >= 11 is 0. The smallest absolute Gasteiger partial charge is 0.232 e. The molecule has 2 aromatic rings. The van der Waals surface area contributed by atoms with Crippen LogP contribution in [-0.2, 0) is 55.1 Å². The van der Waals surface area contributed by atoms with Crippen molar-refractivity contribution in [1.82, 2.24) is 0 Å². The lowest BCUT2D eigenvalue weighted by molar-refractivity contribution is 0.0751. The Morgan fingerprint density at radius 3 is 1.32 bits per heavy atom. The predicted octanol–water partition coefficient (Wildman–Crippen LogP) is 4.08. The molecule has 34 heavy (non-hydrogen) atoms. The summed E-state index contributed by atoms with van der Waals surface area (Å²) in [4.78, 5) is -2.12. The number of hydrogen-bond donors (Lipinski definition) is 0. The van der Waals surface area contributed by atoms with Gasteiger partial charge in [-0.1, -0.05) is 22.9 Å². The first kappa shape index (κ1) is 28.2. The van der Waals surface area contributed by atoms with E-state index in [9.17, 15) is 39.0 Å². The maximum absolute atomic E-state index is 14.0. The Hall–Kier alpha value is -2.00. The fourth-order valence-electron chi connectivity index (χ4n) is 2.76. The highest BCUT2D eigenvalue weighted by molar-refractivity contribution is 7.87. The zero-order valence-corrected chi connectivity index (χ0v) is 20.1. The van der Waals surface area contributed by atoms with Crippen LogP contribution in [0.1, 0.15) is 25.0 Å². The van der Waals surface area contributed by atoms with Gasteiger partial charge in [-0.3, -0.25) is 0 Å². The molecule has 0 heterocycles. The van der Waals surface area contributed by atoms with E-state index in [4.69, 9.17) is 0 Å². The molecule has 0 radical (unpaired) electrons. The van der Waals surface area contributed by atoms with E-state index in [0.717, 1.165) is 12.1 Å². The Bertz CT molecular complexity index is 1190. The number of benzene rings is 2. The van der Waals surface area contributed by atoms with Crippen LogP contribution < -0.4 is 0 Å². The Morgan fingerprint density at radius 1 is 0.676 bits per heavy atom. The molecule has 0 unspecified atom stereocenters. The van der Waals surface area contributed by atoms with Gasteiger partial charge in [0.05, 0.1) is 0 Å². The van der Waals surface area contributed by atoms with E-state index in [1.54, 1.807) is 0 Å². The summed E-state index contributed by atoms with van der Waals surface area (Å²) in [6.45, 7) is 0.209. The topological polar surface area (TPSA) is 122 Å². The molecule has 188 valence electrons. The van der Waals surface area contributed by atoms with Crippen molar-refractivity contribution in [3.8, 4) is 0 Å². The quantitative estimate of drug-likeness (QED) is 0.167. The first-order valence-corrected chi connectivity index (χ1v) is 13.2. The van der Waals surface area contributed by atoms with Crippen molar-refractivity contribution in [3.05, 3.63) is 58.7 Å². The molecule has 0 aliphatic heterocycles. The van der Waals surface area contributed by atoms with E-state index in [1.807, 2.05) is 0 Å². The van der Waals surface area contributed by atoms with Crippen LogP contribution in [0.4, 0.5) is 17.6 Å². The highest BCUT2D eigenvalue weighted by atomic mass is 32.2. The summed E-state index contributed by atoms with van der Waals surface area (Å²) in [5.74, 6) is -4.54. The molecule has 2 rings (SSSR count). The molecule has 2 aromatic carbocycles. The predicted molar refractivity (Wildman–Crippen MR) is 108 cm³/mol. The van der Waals surface area contributed by atoms with Gasteiger partial charge in [-0.25, -0.2) is 25.9 Å². The molecule has 0 aromatic heterocycles. The number of halogens is 4. The number of rotatable bonds is 12. The lowest BCUT2D eigenvalue weighted by Crippen LogP contribution is -2.15. The third-order valence-corrected chi connectivity index (χ3v) is 7.57. The molecule has 0 atom stereocenters. The molecule has 0 amide bonds. The summed E-state index contributed by atoms with van der Waals surface area (Å²) in [6, 6.07) is 2.64. The second-order valence-electron chi connectivity index (χ2n) is 6.24. The average Bonchev–Trinajstić information content (AvgIpc) is 2.75. The van der Waals surface area contributed by atoms with Gasteiger partial charge >= 0.3 is 28.5 Å². The number of hydrogen-bond acceptors (Lipinski definition) is 9. The van der Waals surface area contributed by atoms with Crippen LogP contribution >= 0.6 is 8.25 Å². The minimum absolute atomic E-state index is 0.183. The van der Waals surface area contributed by atoms with Gasteiger partial charge in [0.25, 0.3) is 0 Å². The first-order valence-electron chi connectivity index (χ1n) is 9.31. The van der Waals surface area contributed by atoms with Crippen LogP contribution in [-0.4, -0.2) is 30.4 Å². The zero-order valence-electron chi connectivity index (χ0n) is 17.6. The van der Waals surface area contributed by atoms with Crippen molar-refractivity contribution in [2.24, 2.45) is 0 Å². The minimum Gasteiger partial charge on any atom is -0.232 e. The van der Waals surface area contributed by atoms with Crippen LogP contribution in [0.25, 0.3) is 0 Å². The molecule has 0 N–H and O–H groups in total. The zero-order chi connectivity index (χ0) is 25.7. The van der Waals surface area contributed by atoms with E-state index < -0.39 is 86.3 Å². The first-order chi connectivity index (χ1) is 15.9. The molecule has 16 heteroatoms. The second-order valence-corrected chi connectivity index (χ2v) is 10.3. The van der Waals surface area contributed by atoms with Gasteiger partial charge in [0, 0.05) is 15.7 Å². The van der Waals surface area contributed by atoms with Gasteiger partial charge in [0.1, 0.15) is 33.1 Å². The Labute approximate surface area is 193 Å². The Kier molecular flexibility index (Phi) is 9.65. The van der Waals surface area contributed by atoms with E-state index in [2.05, 4.69) is 17.4 Å². The van der Waals surface area contributed by atoms with Gasteiger partial charge in [-0.2, -0.15) is 16.8 Å². The SMILES string of the molecule is CCc1c(F)ccc(F)c1S(=O)(=O)OCO[P+](=O)OCOS(=O)(=O)c1c(F)ccc(F)c1CC. The maximum Gasteiger partial charge on any atom is 0.702 e. The lowest BCUT2D eigenvalue weighted by atomic mass is 10.1. The van der Waals surface area contributed by atoms with Crippen LogP contribution in [0, 0.1) is 23.3 Å². The van der Waals surface area contributed by atoms with Gasteiger partial charge in [0.15, 0.2) is 0 Å². The van der Waals surface area contributed by atoms with Gasteiger partial charge in [-0.05, 0) is 37.1 Å². The van der Waals surface area contributed by atoms with Crippen molar-refractivity contribution in [1.29, 1.82) is 0 Å². The van der Waals surface area contributed by atoms with Crippen molar-refractivity contribution < 1.29 is 56.4 Å². The lowest BCUT2D eigenvalue weighted by Gasteiger charge is -2.10. The Morgan fingerprint density at radius 2 is 1.00 bits per heavy atom. The molecule has 9 nitrogen and oxygen atoms in total. The molecule has 0 spiro atoms. The normalized spacial score (nSPS) is 12.2. The van der Waals surface area contributed by atoms with Crippen LogP contribution in [0.5, 0.6) is 0 Å². The van der Waals surface area contributed by atoms with Crippen LogP contribution in [0.2, 0.25) is 0 Å². The molecule has 0 aliphatic carbocycles. The highest BCUT2D eigenvalue weighted by Gasteiger charge is 2.31. The van der Waals surface area contributed by atoms with E-state index >= 15 is 0 Å². The van der Waals surface area contributed by atoms with E-state index in [0.29, 0.717) is 12.1 Å². The van der Waals surface area contributed by atoms with Crippen molar-refractivity contribution >= 4 is 28.5 Å². The summed E-state index contributed by atoms with van der Waals surface area (Å²) in [6.07, 6.45) is -0.367. The van der Waals surface area contributed by atoms with Crippen molar-refractivity contribution in [2.75, 3.05) is 13.6 Å². The second kappa shape index (κ2) is 11.6. The summed E-state index contributed by atoms with van der Waals surface area (Å²) in [7, 11) is -13.0. The standard InChI is InChI=1S/C18H18F4O9PS2/c1-3-11-13(19)5-7-15(21)17(11)33(24,25)30-9-28-32(23)29-10-31-34(26,27)18-12(4-2)14(20)6-8-16(18)22/h5-8H,3-4,9-10H2,1-2H3/q+1. The van der Waals surface area contributed by atoms with Crippen LogP contribution in [0.3, 0.4) is 0 Å². The summed E-state index contributed by atoms with van der Waals surface area (Å²) < 4.78 is 133. The molecule has 0 fully saturated rings.